The van der Waals surface area contributed by atoms with Crippen molar-refractivity contribution in [2.24, 2.45) is 0 Å². The van der Waals surface area contributed by atoms with Gasteiger partial charge in [-0.2, -0.15) is 5.26 Å². The molecule has 114 valence electrons. The minimum absolute atomic E-state index is 0.183. The van der Waals surface area contributed by atoms with Crippen LogP contribution >= 0.6 is 0 Å². The van der Waals surface area contributed by atoms with Gasteiger partial charge in [-0.15, -0.1) is 10.2 Å². The molecule has 0 aliphatic rings. The second kappa shape index (κ2) is 6.15. The maximum Gasteiger partial charge on any atom is 0.354 e. The molecule has 3 aromatic rings. The van der Waals surface area contributed by atoms with E-state index in [2.05, 4.69) is 20.5 Å². The number of esters is 1. The lowest BCUT2D eigenvalue weighted by molar-refractivity contribution is 0.0520. The maximum atomic E-state index is 11.7. The first-order chi connectivity index (χ1) is 11.2. The number of hydrogen-bond acceptors (Lipinski definition) is 6. The summed E-state index contributed by atoms with van der Waals surface area (Å²) in [5, 5.41) is 21.1. The molecule has 0 fully saturated rings. The summed E-state index contributed by atoms with van der Waals surface area (Å²) in [4.78, 5) is 14.5. The number of nitriles is 1. The zero-order valence-corrected chi connectivity index (χ0v) is 12.3. The molecule has 0 atom stereocenters. The van der Waals surface area contributed by atoms with Crippen LogP contribution in [0.3, 0.4) is 0 Å². The number of H-pyrrole nitrogens is 1. The van der Waals surface area contributed by atoms with Crippen LogP contribution in [-0.4, -0.2) is 27.8 Å². The standard InChI is InChI=1S/C16H13N5O2/c1-2-23-16(22)13-7-10(9-18-13)19-15-11-5-3-4-6-12(11)20-21-14(15)8-17/h3-7,9,18H,2H2,1H3,(H,19,20). The molecular formula is C16H13N5O2. The Kier molecular flexibility index (Phi) is 3.89. The molecule has 0 aliphatic carbocycles. The lowest BCUT2D eigenvalue weighted by Crippen LogP contribution is -2.04. The molecule has 0 amide bonds. The van der Waals surface area contributed by atoms with Crippen LogP contribution in [0.4, 0.5) is 11.4 Å². The fraction of sp³-hybridized carbons (Fsp3) is 0.125. The fourth-order valence-electron chi connectivity index (χ4n) is 2.20. The molecular weight excluding hydrogens is 294 g/mol. The van der Waals surface area contributed by atoms with Gasteiger partial charge in [0, 0.05) is 11.6 Å². The van der Waals surface area contributed by atoms with Gasteiger partial charge in [0.1, 0.15) is 11.8 Å². The average molecular weight is 307 g/mol. The Morgan fingerprint density at radius 2 is 2.22 bits per heavy atom. The highest BCUT2D eigenvalue weighted by molar-refractivity contribution is 5.95. The smallest absolute Gasteiger partial charge is 0.354 e. The normalized spacial score (nSPS) is 10.3. The lowest BCUT2D eigenvalue weighted by Gasteiger charge is -2.08. The third-order valence-electron chi connectivity index (χ3n) is 3.22. The van der Waals surface area contributed by atoms with Crippen LogP contribution in [0.1, 0.15) is 23.1 Å². The monoisotopic (exact) mass is 307 g/mol. The molecule has 2 heterocycles. The predicted octanol–water partition coefficient (Wildman–Crippen LogP) is 2.75. The molecule has 23 heavy (non-hydrogen) atoms. The van der Waals surface area contributed by atoms with Crippen molar-refractivity contribution in [1.82, 2.24) is 15.2 Å². The summed E-state index contributed by atoms with van der Waals surface area (Å²) in [6, 6.07) is 11.0. The van der Waals surface area contributed by atoms with E-state index in [0.29, 0.717) is 29.2 Å². The summed E-state index contributed by atoms with van der Waals surface area (Å²) in [5.74, 6) is -0.432. The largest absolute Gasteiger partial charge is 0.461 e. The van der Waals surface area contributed by atoms with Crippen molar-refractivity contribution in [3.63, 3.8) is 0 Å². The lowest BCUT2D eigenvalue weighted by atomic mass is 10.1. The first kappa shape index (κ1) is 14.5. The number of carbonyl (C=O) groups excluding carboxylic acids is 1. The molecule has 7 heteroatoms. The number of aromatic amines is 1. The van der Waals surface area contributed by atoms with Crippen molar-refractivity contribution in [3.8, 4) is 6.07 Å². The highest BCUT2D eigenvalue weighted by atomic mass is 16.5. The fourth-order valence-corrected chi connectivity index (χ4v) is 2.20. The highest BCUT2D eigenvalue weighted by Crippen LogP contribution is 2.27. The SMILES string of the molecule is CCOC(=O)c1cc(Nc2c(C#N)nnc3ccccc23)c[nH]1. The predicted molar refractivity (Wildman–Crippen MR) is 84.3 cm³/mol. The Morgan fingerprint density at radius 1 is 1.39 bits per heavy atom. The van der Waals surface area contributed by atoms with E-state index < -0.39 is 5.97 Å². The summed E-state index contributed by atoms with van der Waals surface area (Å²) < 4.78 is 4.93. The Hall–Kier alpha value is -3.40. The summed E-state index contributed by atoms with van der Waals surface area (Å²) in [6.45, 7) is 2.05. The summed E-state index contributed by atoms with van der Waals surface area (Å²) >= 11 is 0. The Labute approximate surface area is 131 Å². The number of rotatable bonds is 4. The van der Waals surface area contributed by atoms with Gasteiger partial charge in [0.2, 0.25) is 0 Å². The molecule has 2 aromatic heterocycles. The molecule has 0 saturated heterocycles. The van der Waals surface area contributed by atoms with E-state index in [1.165, 1.54) is 0 Å². The van der Waals surface area contributed by atoms with Crippen LogP contribution < -0.4 is 5.32 Å². The van der Waals surface area contributed by atoms with Crippen LogP contribution in [0, 0.1) is 11.3 Å². The third kappa shape index (κ3) is 2.82. The number of aromatic nitrogens is 3. The van der Waals surface area contributed by atoms with Gasteiger partial charge in [-0.1, -0.05) is 18.2 Å². The Bertz CT molecular complexity index is 910. The zero-order valence-electron chi connectivity index (χ0n) is 12.3. The van der Waals surface area contributed by atoms with E-state index in [1.807, 2.05) is 30.3 Å². The molecule has 7 nitrogen and oxygen atoms in total. The molecule has 1 aromatic carbocycles. The molecule has 0 bridgehead atoms. The first-order valence-electron chi connectivity index (χ1n) is 7.01. The van der Waals surface area contributed by atoms with Crippen LogP contribution in [-0.2, 0) is 4.74 Å². The Balaban J connectivity index is 1.98. The molecule has 0 unspecified atom stereocenters. The summed E-state index contributed by atoms with van der Waals surface area (Å²) in [7, 11) is 0. The van der Waals surface area contributed by atoms with E-state index in [0.717, 1.165) is 5.39 Å². The van der Waals surface area contributed by atoms with E-state index in [9.17, 15) is 10.1 Å². The molecule has 0 radical (unpaired) electrons. The van der Waals surface area contributed by atoms with Gasteiger partial charge in [-0.25, -0.2) is 4.79 Å². The van der Waals surface area contributed by atoms with Crippen LogP contribution in [0.2, 0.25) is 0 Å². The van der Waals surface area contributed by atoms with Gasteiger partial charge in [0.05, 0.1) is 23.5 Å². The highest BCUT2D eigenvalue weighted by Gasteiger charge is 2.13. The molecule has 2 N–H and O–H groups in total. The van der Waals surface area contributed by atoms with Gasteiger partial charge in [-0.3, -0.25) is 0 Å². The number of nitrogens with zero attached hydrogens (tertiary/aromatic N) is 3. The van der Waals surface area contributed by atoms with E-state index in [4.69, 9.17) is 4.74 Å². The molecule has 0 aliphatic heterocycles. The number of ether oxygens (including phenoxy) is 1. The van der Waals surface area contributed by atoms with Crippen LogP contribution in [0.5, 0.6) is 0 Å². The Morgan fingerprint density at radius 3 is 3.00 bits per heavy atom. The summed E-state index contributed by atoms with van der Waals surface area (Å²) in [6.07, 6.45) is 1.63. The van der Waals surface area contributed by atoms with Crippen molar-refractivity contribution < 1.29 is 9.53 Å². The van der Waals surface area contributed by atoms with E-state index >= 15 is 0 Å². The van der Waals surface area contributed by atoms with Crippen molar-refractivity contribution in [2.75, 3.05) is 11.9 Å². The molecule has 3 rings (SSSR count). The van der Waals surface area contributed by atoms with Crippen molar-refractivity contribution in [1.29, 1.82) is 5.26 Å². The maximum absolute atomic E-state index is 11.7. The van der Waals surface area contributed by atoms with Crippen molar-refractivity contribution in [3.05, 3.63) is 47.9 Å². The number of nitrogens with one attached hydrogen (secondary N) is 2. The van der Waals surface area contributed by atoms with Gasteiger partial charge in [-0.05, 0) is 19.1 Å². The van der Waals surface area contributed by atoms with Gasteiger partial charge < -0.3 is 15.0 Å². The van der Waals surface area contributed by atoms with Gasteiger partial charge in [0.25, 0.3) is 0 Å². The average Bonchev–Trinajstić information content (AvgIpc) is 3.04. The van der Waals surface area contributed by atoms with Crippen LogP contribution in [0.25, 0.3) is 10.9 Å². The minimum atomic E-state index is -0.432. The van der Waals surface area contributed by atoms with Gasteiger partial charge in [0.15, 0.2) is 5.69 Å². The number of fused-ring (bicyclic) bond motifs is 1. The number of carbonyl (C=O) groups is 1. The minimum Gasteiger partial charge on any atom is -0.461 e. The van der Waals surface area contributed by atoms with Gasteiger partial charge >= 0.3 is 5.97 Å². The molecule has 0 saturated carbocycles. The number of hydrogen-bond donors (Lipinski definition) is 2. The van der Waals surface area contributed by atoms with Crippen molar-refractivity contribution in [2.45, 2.75) is 6.92 Å². The zero-order chi connectivity index (χ0) is 16.2. The number of benzene rings is 1. The van der Waals surface area contributed by atoms with E-state index in [1.54, 1.807) is 19.2 Å². The molecule has 0 spiro atoms. The summed E-state index contributed by atoms with van der Waals surface area (Å²) in [5.41, 5.74) is 2.37. The second-order valence-electron chi connectivity index (χ2n) is 4.70. The second-order valence-corrected chi connectivity index (χ2v) is 4.70. The van der Waals surface area contributed by atoms with Crippen LogP contribution in [0.15, 0.2) is 36.5 Å². The number of anilines is 2. The topological polar surface area (TPSA) is 104 Å². The third-order valence-corrected chi connectivity index (χ3v) is 3.22. The first-order valence-corrected chi connectivity index (χ1v) is 7.01. The van der Waals surface area contributed by atoms with E-state index in [-0.39, 0.29) is 5.69 Å². The van der Waals surface area contributed by atoms with Crippen molar-refractivity contribution >= 4 is 28.2 Å². The quantitative estimate of drug-likeness (QED) is 0.718.